The number of carbonyl (C=O) groups is 1. The Bertz CT molecular complexity index is 892. The van der Waals surface area contributed by atoms with Gasteiger partial charge in [-0.2, -0.15) is 0 Å². The van der Waals surface area contributed by atoms with E-state index in [0.717, 1.165) is 43.6 Å². The van der Waals surface area contributed by atoms with E-state index in [9.17, 15) is 4.79 Å². The van der Waals surface area contributed by atoms with Crippen LogP contribution >= 0.6 is 0 Å². The number of hydrogen-bond acceptors (Lipinski definition) is 4. The fourth-order valence-electron chi connectivity index (χ4n) is 4.99. The van der Waals surface area contributed by atoms with Crippen LogP contribution in [0, 0.1) is 0 Å². The summed E-state index contributed by atoms with van der Waals surface area (Å²) in [5.74, 6) is 2.58. The zero-order valence-corrected chi connectivity index (χ0v) is 18.4. The number of aldehydes is 1. The van der Waals surface area contributed by atoms with Gasteiger partial charge in [0.05, 0.1) is 6.54 Å². The van der Waals surface area contributed by atoms with Crippen molar-refractivity contribution in [2.45, 2.75) is 57.9 Å². The summed E-state index contributed by atoms with van der Waals surface area (Å²) in [6, 6.07) is 13.6. The molecule has 2 aliphatic rings. The highest BCUT2D eigenvalue weighted by molar-refractivity contribution is 5.53. The van der Waals surface area contributed by atoms with E-state index in [1.165, 1.54) is 22.3 Å². The lowest BCUT2D eigenvalue weighted by Crippen LogP contribution is -2.26. The third-order valence-corrected chi connectivity index (χ3v) is 6.44. The molecule has 0 N–H and O–H groups in total. The Morgan fingerprint density at radius 2 is 1.83 bits per heavy atom. The molecular weight excluding hydrogens is 374 g/mol. The van der Waals surface area contributed by atoms with E-state index in [2.05, 4.69) is 56.0 Å². The minimum Gasteiger partial charge on any atom is -0.486 e. The van der Waals surface area contributed by atoms with Gasteiger partial charge in [-0.15, -0.1) is 0 Å². The molecule has 0 saturated carbocycles. The molecule has 0 aliphatic carbocycles. The molecule has 2 aliphatic heterocycles. The molecule has 4 rings (SSSR count). The number of nitrogens with zero attached hydrogens (tertiary/aromatic N) is 1. The third-order valence-electron chi connectivity index (χ3n) is 6.44. The van der Waals surface area contributed by atoms with Crippen molar-refractivity contribution < 1.29 is 14.3 Å². The van der Waals surface area contributed by atoms with Gasteiger partial charge in [0.2, 0.25) is 0 Å². The Morgan fingerprint density at radius 3 is 2.57 bits per heavy atom. The summed E-state index contributed by atoms with van der Waals surface area (Å²) in [6.07, 6.45) is 4.30. The van der Waals surface area contributed by atoms with Crippen LogP contribution in [0.25, 0.3) is 0 Å². The molecule has 0 amide bonds. The second-order valence-corrected chi connectivity index (χ2v) is 8.84. The molecule has 1 saturated heterocycles. The summed E-state index contributed by atoms with van der Waals surface area (Å²) in [5, 5.41) is 0. The highest BCUT2D eigenvalue weighted by Gasteiger charge is 2.34. The Hall–Kier alpha value is -2.33. The molecular formula is C26H33NO3. The number of rotatable bonds is 7. The number of likely N-dealkylation sites (tertiary alicyclic amines) is 1. The molecule has 2 heterocycles. The SMILES string of the molecule is CCCc1cc([C@H]2C[C@@H](c3ccc4c(c3)OCCO4)CN2CC=O)ccc1C(C)C. The van der Waals surface area contributed by atoms with Crippen molar-refractivity contribution in [3.05, 3.63) is 58.7 Å². The minimum atomic E-state index is 0.269. The minimum absolute atomic E-state index is 0.269. The average molecular weight is 408 g/mol. The molecule has 1 fully saturated rings. The molecule has 0 bridgehead atoms. The zero-order valence-electron chi connectivity index (χ0n) is 18.4. The Balaban J connectivity index is 1.61. The summed E-state index contributed by atoms with van der Waals surface area (Å²) in [7, 11) is 0. The van der Waals surface area contributed by atoms with Crippen molar-refractivity contribution in [2.24, 2.45) is 0 Å². The van der Waals surface area contributed by atoms with Crippen LogP contribution in [0.5, 0.6) is 11.5 Å². The Labute approximate surface area is 180 Å². The van der Waals surface area contributed by atoms with Gasteiger partial charge in [0.1, 0.15) is 19.5 Å². The second-order valence-electron chi connectivity index (χ2n) is 8.84. The average Bonchev–Trinajstić information content (AvgIpc) is 3.17. The number of benzene rings is 2. The van der Waals surface area contributed by atoms with Crippen LogP contribution in [0.4, 0.5) is 0 Å². The second kappa shape index (κ2) is 9.22. The molecule has 2 atom stereocenters. The van der Waals surface area contributed by atoms with Crippen LogP contribution in [-0.2, 0) is 11.2 Å². The molecule has 2 aromatic carbocycles. The van der Waals surface area contributed by atoms with Crippen LogP contribution in [-0.4, -0.2) is 37.5 Å². The van der Waals surface area contributed by atoms with E-state index in [1.54, 1.807) is 0 Å². The molecule has 4 nitrogen and oxygen atoms in total. The van der Waals surface area contributed by atoms with E-state index in [1.807, 2.05) is 6.07 Å². The van der Waals surface area contributed by atoms with E-state index < -0.39 is 0 Å². The number of aryl methyl sites for hydroxylation is 1. The molecule has 0 spiro atoms. The van der Waals surface area contributed by atoms with Crippen LogP contribution in [0.2, 0.25) is 0 Å². The predicted molar refractivity (Wildman–Crippen MR) is 120 cm³/mol. The Morgan fingerprint density at radius 1 is 1.07 bits per heavy atom. The number of hydrogen-bond donors (Lipinski definition) is 0. The fourth-order valence-corrected chi connectivity index (χ4v) is 4.99. The molecule has 4 heteroatoms. The first-order valence-electron chi connectivity index (χ1n) is 11.3. The Kier molecular flexibility index (Phi) is 6.43. The predicted octanol–water partition coefficient (Wildman–Crippen LogP) is 5.26. The number of carbonyl (C=O) groups excluding carboxylic acids is 1. The lowest BCUT2D eigenvalue weighted by Gasteiger charge is -2.24. The maximum atomic E-state index is 11.4. The van der Waals surface area contributed by atoms with Crippen LogP contribution < -0.4 is 9.47 Å². The van der Waals surface area contributed by atoms with Crippen molar-refractivity contribution >= 4 is 6.29 Å². The monoisotopic (exact) mass is 407 g/mol. The first-order valence-corrected chi connectivity index (χ1v) is 11.3. The normalized spacial score (nSPS) is 21.2. The lowest BCUT2D eigenvalue weighted by atomic mass is 9.89. The van der Waals surface area contributed by atoms with Crippen molar-refractivity contribution in [3.63, 3.8) is 0 Å². The van der Waals surface area contributed by atoms with Gasteiger partial charge >= 0.3 is 0 Å². The van der Waals surface area contributed by atoms with Crippen LogP contribution in [0.15, 0.2) is 36.4 Å². The molecule has 160 valence electrons. The van der Waals surface area contributed by atoms with Gasteiger partial charge in [-0.3, -0.25) is 4.90 Å². The molecule has 0 radical (unpaired) electrons. The number of fused-ring (bicyclic) bond motifs is 1. The molecule has 2 aromatic rings. The van der Waals surface area contributed by atoms with Gasteiger partial charge < -0.3 is 14.3 Å². The summed E-state index contributed by atoms with van der Waals surface area (Å²) < 4.78 is 11.5. The summed E-state index contributed by atoms with van der Waals surface area (Å²) in [4.78, 5) is 13.7. The summed E-state index contributed by atoms with van der Waals surface area (Å²) >= 11 is 0. The fraction of sp³-hybridized carbons (Fsp3) is 0.500. The molecule has 0 unspecified atom stereocenters. The van der Waals surface area contributed by atoms with Crippen molar-refractivity contribution in [1.29, 1.82) is 0 Å². The van der Waals surface area contributed by atoms with Crippen LogP contribution in [0.1, 0.15) is 73.7 Å². The zero-order chi connectivity index (χ0) is 21.1. The third kappa shape index (κ3) is 4.24. The molecule has 0 aromatic heterocycles. The lowest BCUT2D eigenvalue weighted by molar-refractivity contribution is -0.109. The van der Waals surface area contributed by atoms with Gasteiger partial charge in [0.25, 0.3) is 0 Å². The van der Waals surface area contributed by atoms with Gasteiger partial charge in [0, 0.05) is 12.6 Å². The van der Waals surface area contributed by atoms with E-state index in [0.29, 0.717) is 31.6 Å². The van der Waals surface area contributed by atoms with E-state index in [-0.39, 0.29) is 6.04 Å². The largest absolute Gasteiger partial charge is 0.486 e. The first-order chi connectivity index (χ1) is 14.6. The maximum absolute atomic E-state index is 11.4. The van der Waals surface area contributed by atoms with Crippen LogP contribution in [0.3, 0.4) is 0 Å². The van der Waals surface area contributed by atoms with Gasteiger partial charge in [-0.05, 0) is 59.1 Å². The topological polar surface area (TPSA) is 38.8 Å². The smallest absolute Gasteiger partial charge is 0.161 e. The van der Waals surface area contributed by atoms with Gasteiger partial charge in [-0.1, -0.05) is 51.5 Å². The maximum Gasteiger partial charge on any atom is 0.161 e. The van der Waals surface area contributed by atoms with E-state index >= 15 is 0 Å². The molecule has 30 heavy (non-hydrogen) atoms. The van der Waals surface area contributed by atoms with Crippen molar-refractivity contribution in [1.82, 2.24) is 4.90 Å². The standard InChI is InChI=1S/C26H33NO3/c1-4-5-20-14-21(6-8-23(20)18(2)3)24-15-22(17-27(24)10-11-28)19-7-9-25-26(16-19)30-13-12-29-25/h6-9,11,14,16,18,22,24H,4-5,10,12-13,15,17H2,1-3H3/t22-,24-/m1/s1. The summed E-state index contributed by atoms with van der Waals surface area (Å²) in [6.45, 7) is 9.34. The van der Waals surface area contributed by atoms with Gasteiger partial charge in [-0.25, -0.2) is 0 Å². The van der Waals surface area contributed by atoms with Gasteiger partial charge in [0.15, 0.2) is 11.5 Å². The van der Waals surface area contributed by atoms with Crippen molar-refractivity contribution in [3.8, 4) is 11.5 Å². The highest BCUT2D eigenvalue weighted by Crippen LogP contribution is 2.43. The first kappa shape index (κ1) is 20.9. The number of ether oxygens (including phenoxy) is 2. The summed E-state index contributed by atoms with van der Waals surface area (Å²) in [5.41, 5.74) is 5.51. The van der Waals surface area contributed by atoms with Crippen molar-refractivity contribution in [2.75, 3.05) is 26.3 Å². The van der Waals surface area contributed by atoms with E-state index in [4.69, 9.17) is 9.47 Å². The quantitative estimate of drug-likeness (QED) is 0.587. The highest BCUT2D eigenvalue weighted by atomic mass is 16.6.